The van der Waals surface area contributed by atoms with Gasteiger partial charge in [-0.1, -0.05) is 24.3 Å². The van der Waals surface area contributed by atoms with E-state index in [0.29, 0.717) is 11.3 Å². The van der Waals surface area contributed by atoms with Crippen molar-refractivity contribution in [2.75, 3.05) is 26.2 Å². The van der Waals surface area contributed by atoms with Crippen molar-refractivity contribution in [1.29, 1.82) is 5.26 Å². The summed E-state index contributed by atoms with van der Waals surface area (Å²) in [7, 11) is 3.70. The Bertz CT molecular complexity index is 1160. The number of hydrogen-bond acceptors (Lipinski definition) is 9. The number of carbonyl (C=O) groups is 2. The maximum absolute atomic E-state index is 13.0. The third-order valence-electron chi connectivity index (χ3n) is 5.03. The number of phenolic OH excluding ortho intramolecular Hbond substituents is 1. The van der Waals surface area contributed by atoms with Gasteiger partial charge in [0.2, 0.25) is 0 Å². The van der Waals surface area contributed by atoms with Crippen LogP contribution < -0.4 is 15.4 Å². The lowest BCUT2D eigenvalue weighted by Gasteiger charge is -2.35. The Morgan fingerprint density at radius 2 is 1.72 bits per heavy atom. The molecule has 1 unspecified atom stereocenters. The Hall–Kier alpha value is -4.45. The van der Waals surface area contributed by atoms with Crippen LogP contribution in [0.25, 0.3) is 0 Å². The number of phenols is 1. The van der Waals surface area contributed by atoms with Crippen molar-refractivity contribution >= 4 is 17.6 Å². The van der Waals surface area contributed by atoms with E-state index in [4.69, 9.17) is 19.9 Å². The Kier molecular flexibility index (Phi) is 6.35. The van der Waals surface area contributed by atoms with Crippen LogP contribution in [0, 0.1) is 11.3 Å². The van der Waals surface area contributed by atoms with E-state index in [0.717, 1.165) is 0 Å². The van der Waals surface area contributed by atoms with Crippen molar-refractivity contribution in [3.8, 4) is 17.6 Å². The number of allylic oxidation sites excluding steroid dienone is 1. The first-order valence-corrected chi connectivity index (χ1v) is 9.42. The van der Waals surface area contributed by atoms with Gasteiger partial charge in [-0.25, -0.2) is 9.59 Å². The predicted molar refractivity (Wildman–Crippen MR) is 114 cm³/mol. The molecule has 2 aromatic carbocycles. The first kappa shape index (κ1) is 22.2. The number of nitrogens with zero attached hydrogens (tertiary/aromatic N) is 2. The molecule has 3 N–H and O–H groups in total. The second-order valence-corrected chi connectivity index (χ2v) is 6.69. The molecule has 1 aliphatic rings. The zero-order valence-corrected chi connectivity index (χ0v) is 17.7. The standard InChI is InChI=1S/C23H21N3O6/c1-30-17-11-13(9-10-16(17)27)18-15(12-24)21(25)26(14-7-5-4-6-8-14)20(23(29)32-3)19(18)22(28)31-2/h4-11,18,27H,25H2,1-3H3. The fourth-order valence-corrected chi connectivity index (χ4v) is 3.59. The molecular weight excluding hydrogens is 414 g/mol. The van der Waals surface area contributed by atoms with Crippen LogP contribution in [0.4, 0.5) is 5.69 Å². The summed E-state index contributed by atoms with van der Waals surface area (Å²) in [5.74, 6) is -2.83. The highest BCUT2D eigenvalue weighted by Crippen LogP contribution is 2.44. The molecule has 0 aliphatic carbocycles. The maximum Gasteiger partial charge on any atom is 0.355 e. The van der Waals surface area contributed by atoms with Gasteiger partial charge < -0.3 is 25.1 Å². The molecule has 0 radical (unpaired) electrons. The lowest BCUT2D eigenvalue weighted by Crippen LogP contribution is -2.40. The molecular formula is C23H21N3O6. The van der Waals surface area contributed by atoms with Crippen molar-refractivity contribution in [1.82, 2.24) is 0 Å². The Balaban J connectivity index is 2.41. The summed E-state index contributed by atoms with van der Waals surface area (Å²) in [5, 5.41) is 20.0. The van der Waals surface area contributed by atoms with Crippen LogP contribution in [0.15, 0.2) is 71.2 Å². The van der Waals surface area contributed by atoms with E-state index in [-0.39, 0.29) is 34.2 Å². The number of rotatable bonds is 5. The van der Waals surface area contributed by atoms with Crippen LogP contribution in [0.3, 0.4) is 0 Å². The summed E-state index contributed by atoms with van der Waals surface area (Å²) in [6.07, 6.45) is 0. The van der Waals surface area contributed by atoms with E-state index in [1.54, 1.807) is 30.3 Å². The highest BCUT2D eigenvalue weighted by atomic mass is 16.5. The van der Waals surface area contributed by atoms with Crippen molar-refractivity contribution in [3.05, 3.63) is 76.8 Å². The van der Waals surface area contributed by atoms with E-state index in [1.165, 1.54) is 44.4 Å². The molecule has 1 atom stereocenters. The molecule has 0 amide bonds. The van der Waals surface area contributed by atoms with Crippen molar-refractivity contribution in [3.63, 3.8) is 0 Å². The third kappa shape index (κ3) is 3.70. The number of para-hydroxylation sites is 1. The van der Waals surface area contributed by atoms with Crippen LogP contribution in [-0.2, 0) is 19.1 Å². The minimum atomic E-state index is -1.07. The van der Waals surface area contributed by atoms with E-state index in [2.05, 4.69) is 6.07 Å². The molecule has 0 fully saturated rings. The SMILES string of the molecule is COC(=O)C1=C(C(=O)OC)N(c2ccccc2)C(N)=C(C#N)C1c1ccc(O)c(OC)c1. The summed E-state index contributed by atoms with van der Waals surface area (Å²) in [6, 6.07) is 14.9. The summed E-state index contributed by atoms with van der Waals surface area (Å²) >= 11 is 0. The highest BCUT2D eigenvalue weighted by molar-refractivity contribution is 6.06. The predicted octanol–water partition coefficient (Wildman–Crippen LogP) is 2.30. The van der Waals surface area contributed by atoms with Gasteiger partial charge in [0.15, 0.2) is 11.5 Å². The van der Waals surface area contributed by atoms with Crippen molar-refractivity contribution in [2.24, 2.45) is 5.73 Å². The number of carbonyl (C=O) groups excluding carboxylic acids is 2. The van der Waals surface area contributed by atoms with E-state index in [1.807, 2.05) is 0 Å². The number of aromatic hydroxyl groups is 1. The van der Waals surface area contributed by atoms with Gasteiger partial charge in [0.1, 0.15) is 11.5 Å². The van der Waals surface area contributed by atoms with Gasteiger partial charge in [0, 0.05) is 5.69 Å². The van der Waals surface area contributed by atoms with Gasteiger partial charge in [-0.05, 0) is 29.8 Å². The first-order valence-electron chi connectivity index (χ1n) is 9.42. The average molecular weight is 435 g/mol. The average Bonchev–Trinajstić information content (AvgIpc) is 2.83. The largest absolute Gasteiger partial charge is 0.504 e. The number of methoxy groups -OCH3 is 3. The lowest BCUT2D eigenvalue weighted by atomic mass is 9.80. The molecule has 32 heavy (non-hydrogen) atoms. The lowest BCUT2D eigenvalue weighted by molar-refractivity contribution is -0.139. The fourth-order valence-electron chi connectivity index (χ4n) is 3.59. The summed E-state index contributed by atoms with van der Waals surface area (Å²) < 4.78 is 15.1. The molecule has 9 heteroatoms. The molecule has 164 valence electrons. The quantitative estimate of drug-likeness (QED) is 0.678. The number of esters is 2. The first-order chi connectivity index (χ1) is 15.4. The molecule has 2 aromatic rings. The van der Waals surface area contributed by atoms with Crippen molar-refractivity contribution in [2.45, 2.75) is 5.92 Å². The zero-order chi connectivity index (χ0) is 23.4. The second-order valence-electron chi connectivity index (χ2n) is 6.69. The molecule has 9 nitrogen and oxygen atoms in total. The van der Waals surface area contributed by atoms with Crippen molar-refractivity contribution < 1.29 is 28.9 Å². The minimum absolute atomic E-state index is 0.00893. The van der Waals surface area contributed by atoms with Crippen LogP contribution in [0.2, 0.25) is 0 Å². The Labute approximate surface area is 184 Å². The number of nitrogens with two attached hydrogens (primary N) is 1. The fraction of sp³-hybridized carbons (Fsp3) is 0.174. The molecule has 0 spiro atoms. The van der Waals surface area contributed by atoms with Gasteiger partial charge in [0.25, 0.3) is 0 Å². The monoisotopic (exact) mass is 435 g/mol. The molecule has 1 heterocycles. The molecule has 3 rings (SSSR count). The van der Waals surface area contributed by atoms with Gasteiger partial charge in [-0.3, -0.25) is 4.90 Å². The smallest absolute Gasteiger partial charge is 0.355 e. The zero-order valence-electron chi connectivity index (χ0n) is 17.7. The van der Waals surface area contributed by atoms with E-state index in [9.17, 15) is 20.0 Å². The Morgan fingerprint density at radius 3 is 2.28 bits per heavy atom. The number of hydrogen-bond donors (Lipinski definition) is 2. The molecule has 0 saturated heterocycles. The summed E-state index contributed by atoms with van der Waals surface area (Å²) in [4.78, 5) is 27.2. The summed E-state index contributed by atoms with van der Waals surface area (Å²) in [5.41, 5.74) is 6.91. The Morgan fingerprint density at radius 1 is 1.06 bits per heavy atom. The maximum atomic E-state index is 13.0. The van der Waals surface area contributed by atoms with Gasteiger partial charge in [-0.15, -0.1) is 0 Å². The minimum Gasteiger partial charge on any atom is -0.504 e. The topological polar surface area (TPSA) is 135 Å². The van der Waals surface area contributed by atoms with Gasteiger partial charge in [-0.2, -0.15) is 5.26 Å². The van der Waals surface area contributed by atoms with E-state index >= 15 is 0 Å². The van der Waals surface area contributed by atoms with E-state index < -0.39 is 17.9 Å². The summed E-state index contributed by atoms with van der Waals surface area (Å²) in [6.45, 7) is 0. The van der Waals surface area contributed by atoms with Gasteiger partial charge in [0.05, 0.1) is 44.5 Å². The number of anilines is 1. The van der Waals surface area contributed by atoms with Crippen LogP contribution in [-0.4, -0.2) is 38.4 Å². The number of ether oxygens (including phenoxy) is 3. The van der Waals surface area contributed by atoms with Crippen LogP contribution in [0.1, 0.15) is 11.5 Å². The second kappa shape index (κ2) is 9.14. The molecule has 0 bridgehead atoms. The molecule has 1 aliphatic heterocycles. The van der Waals surface area contributed by atoms with Crippen LogP contribution in [0.5, 0.6) is 11.5 Å². The van der Waals surface area contributed by atoms with Gasteiger partial charge >= 0.3 is 11.9 Å². The molecule has 0 saturated carbocycles. The number of nitriles is 1. The van der Waals surface area contributed by atoms with Crippen LogP contribution >= 0.6 is 0 Å². The normalized spacial score (nSPS) is 15.8. The highest BCUT2D eigenvalue weighted by Gasteiger charge is 2.43. The molecule has 0 aromatic heterocycles. The number of benzene rings is 2. The third-order valence-corrected chi connectivity index (χ3v) is 5.03.